The number of anilines is 1. The summed E-state index contributed by atoms with van der Waals surface area (Å²) in [5.41, 5.74) is -2.88. The number of hydrogen-bond donors (Lipinski definition) is 2. The summed E-state index contributed by atoms with van der Waals surface area (Å²) in [7, 11) is 2.90. The van der Waals surface area contributed by atoms with Gasteiger partial charge >= 0.3 is 30.1 Å². The first-order valence-corrected chi connectivity index (χ1v) is 14.7. The molecule has 49 heavy (non-hydrogen) atoms. The van der Waals surface area contributed by atoms with E-state index in [-0.39, 0.29) is 35.6 Å². The molecule has 0 saturated carbocycles. The van der Waals surface area contributed by atoms with Crippen LogP contribution in [0.4, 0.5) is 18.9 Å². The van der Waals surface area contributed by atoms with E-state index >= 15 is 0 Å². The lowest BCUT2D eigenvalue weighted by Gasteiger charge is -2.24. The van der Waals surface area contributed by atoms with Gasteiger partial charge in [-0.2, -0.15) is 13.2 Å². The van der Waals surface area contributed by atoms with Crippen LogP contribution in [0.25, 0.3) is 11.1 Å². The van der Waals surface area contributed by atoms with Crippen LogP contribution in [0, 0.1) is 5.41 Å². The molecule has 0 bridgehead atoms. The second-order valence-electron chi connectivity index (χ2n) is 10.6. The molecule has 15 heteroatoms. The lowest BCUT2D eigenvalue weighted by Crippen LogP contribution is -2.52. The second-order valence-corrected chi connectivity index (χ2v) is 10.6. The molecule has 3 aromatic carbocycles. The Morgan fingerprint density at radius 2 is 1.39 bits per heavy atom. The van der Waals surface area contributed by atoms with Gasteiger partial charge in [-0.25, -0.2) is 0 Å². The molecule has 0 aliphatic carbocycles. The van der Waals surface area contributed by atoms with E-state index in [4.69, 9.17) is 14.2 Å². The fourth-order valence-electron chi connectivity index (χ4n) is 4.54. The van der Waals surface area contributed by atoms with Gasteiger partial charge in [-0.05, 0) is 60.9 Å². The number of halogens is 3. The standard InChI is InChI=1S/C34H33F3N2O10/c1-5-47-31(45)33(30(43)44,32(46)48-6-2)19-49-27(40)18-20-11-16-26(25(17-20)29(42)39(3)4)38-28(41)24-10-8-7-9-23(24)21-12-14-22(15-13-21)34(35,36)37/h7-17H,5-6,18-19H2,1-4H3,(H,38,41)(H,43,44). The Morgan fingerprint density at radius 3 is 1.92 bits per heavy atom. The average molecular weight is 687 g/mol. The summed E-state index contributed by atoms with van der Waals surface area (Å²) in [6.07, 6.45) is -5.08. The first-order chi connectivity index (χ1) is 23.1. The summed E-state index contributed by atoms with van der Waals surface area (Å²) in [6.45, 7) is 1.01. The molecule has 0 aromatic heterocycles. The van der Waals surface area contributed by atoms with Crippen molar-refractivity contribution in [1.29, 1.82) is 0 Å². The number of carboxylic acid groups (broad SMARTS) is 1. The van der Waals surface area contributed by atoms with Crippen molar-refractivity contribution in [3.8, 4) is 11.1 Å². The van der Waals surface area contributed by atoms with Crippen LogP contribution in [0.2, 0.25) is 0 Å². The number of alkyl halides is 3. The fraction of sp³-hybridized carbons (Fsp3) is 0.294. The molecule has 0 aliphatic rings. The van der Waals surface area contributed by atoms with Gasteiger partial charge in [-0.3, -0.25) is 28.8 Å². The van der Waals surface area contributed by atoms with E-state index in [1.54, 1.807) is 18.2 Å². The predicted molar refractivity (Wildman–Crippen MR) is 167 cm³/mol. The highest BCUT2D eigenvalue weighted by Gasteiger charge is 2.58. The van der Waals surface area contributed by atoms with E-state index in [1.165, 1.54) is 69.2 Å². The topological polar surface area (TPSA) is 166 Å². The van der Waals surface area contributed by atoms with Gasteiger partial charge in [0.1, 0.15) is 6.61 Å². The molecule has 0 unspecified atom stereocenters. The third kappa shape index (κ3) is 8.80. The number of carbonyl (C=O) groups excluding carboxylic acids is 5. The van der Waals surface area contributed by atoms with Crippen LogP contribution in [0.1, 0.15) is 45.7 Å². The molecule has 3 rings (SSSR count). The third-order valence-corrected chi connectivity index (χ3v) is 7.07. The van der Waals surface area contributed by atoms with Crippen LogP contribution in [0.3, 0.4) is 0 Å². The van der Waals surface area contributed by atoms with Gasteiger partial charge in [-0.1, -0.05) is 36.4 Å². The number of ether oxygens (including phenoxy) is 3. The zero-order valence-corrected chi connectivity index (χ0v) is 26.9. The minimum Gasteiger partial charge on any atom is -0.480 e. The molecule has 260 valence electrons. The van der Waals surface area contributed by atoms with Crippen molar-refractivity contribution in [2.24, 2.45) is 5.41 Å². The van der Waals surface area contributed by atoms with Gasteiger partial charge in [0.2, 0.25) is 0 Å². The largest absolute Gasteiger partial charge is 0.480 e. The van der Waals surface area contributed by atoms with Gasteiger partial charge in [0, 0.05) is 19.7 Å². The number of carboxylic acids is 1. The van der Waals surface area contributed by atoms with Crippen LogP contribution in [0.15, 0.2) is 66.7 Å². The SMILES string of the molecule is CCOC(=O)C(COC(=O)Cc1ccc(NC(=O)c2ccccc2-c2ccc(C(F)(F)F)cc2)c(C(=O)N(C)C)c1)(C(=O)O)C(=O)OCC. The van der Waals surface area contributed by atoms with E-state index in [1.807, 2.05) is 0 Å². The first-order valence-electron chi connectivity index (χ1n) is 14.7. The van der Waals surface area contributed by atoms with Crippen LogP contribution in [-0.2, 0) is 46.0 Å². The second kappa shape index (κ2) is 15.9. The average Bonchev–Trinajstić information content (AvgIpc) is 3.05. The highest BCUT2D eigenvalue weighted by Crippen LogP contribution is 2.32. The Labute approximate surface area is 278 Å². The highest BCUT2D eigenvalue weighted by molar-refractivity contribution is 6.17. The summed E-state index contributed by atoms with van der Waals surface area (Å²) in [6, 6.07) is 14.5. The van der Waals surface area contributed by atoms with Crippen molar-refractivity contribution in [3.63, 3.8) is 0 Å². The zero-order valence-electron chi connectivity index (χ0n) is 26.9. The number of carbonyl (C=O) groups is 6. The maximum atomic E-state index is 13.5. The van der Waals surface area contributed by atoms with Crippen LogP contribution >= 0.6 is 0 Å². The van der Waals surface area contributed by atoms with Crippen molar-refractivity contribution in [2.45, 2.75) is 26.4 Å². The normalized spacial score (nSPS) is 11.2. The zero-order chi connectivity index (χ0) is 36.5. The summed E-state index contributed by atoms with van der Waals surface area (Å²) in [5, 5.41) is 12.4. The Balaban J connectivity index is 1.88. The van der Waals surface area contributed by atoms with Gasteiger partial charge in [0.15, 0.2) is 0 Å². The van der Waals surface area contributed by atoms with E-state index < -0.39 is 65.9 Å². The monoisotopic (exact) mass is 686 g/mol. The Hall–Kier alpha value is -5.73. The molecule has 0 heterocycles. The number of rotatable bonds is 13. The number of hydrogen-bond acceptors (Lipinski definition) is 9. The van der Waals surface area contributed by atoms with Gasteiger partial charge < -0.3 is 29.5 Å². The van der Waals surface area contributed by atoms with Gasteiger partial charge in [0.25, 0.3) is 17.2 Å². The third-order valence-electron chi connectivity index (χ3n) is 7.07. The van der Waals surface area contributed by atoms with Crippen molar-refractivity contribution >= 4 is 41.4 Å². The minimum absolute atomic E-state index is 0.0394. The number of nitrogens with zero attached hydrogens (tertiary/aromatic N) is 1. The van der Waals surface area contributed by atoms with Crippen molar-refractivity contribution in [2.75, 3.05) is 39.2 Å². The Morgan fingerprint density at radius 1 is 0.796 bits per heavy atom. The maximum absolute atomic E-state index is 13.5. The molecule has 12 nitrogen and oxygen atoms in total. The minimum atomic E-state index is -4.54. The van der Waals surface area contributed by atoms with Crippen molar-refractivity contribution < 1.29 is 61.3 Å². The number of amides is 2. The number of benzene rings is 3. The predicted octanol–water partition coefficient (Wildman–Crippen LogP) is 4.61. The van der Waals surface area contributed by atoms with E-state index in [0.717, 1.165) is 12.1 Å². The Bertz CT molecular complexity index is 1720. The summed E-state index contributed by atoms with van der Waals surface area (Å²) in [5.74, 6) is -7.23. The Kier molecular flexibility index (Phi) is 12.2. The summed E-state index contributed by atoms with van der Waals surface area (Å²) in [4.78, 5) is 77.8. The van der Waals surface area contributed by atoms with Crippen molar-refractivity contribution in [3.05, 3.63) is 89.0 Å². The maximum Gasteiger partial charge on any atom is 0.416 e. The molecule has 0 radical (unpaired) electrons. The van der Waals surface area contributed by atoms with Gasteiger partial charge in [0.05, 0.1) is 36.4 Å². The molecule has 0 atom stereocenters. The molecule has 2 N–H and O–H groups in total. The summed E-state index contributed by atoms with van der Waals surface area (Å²) >= 11 is 0. The van der Waals surface area contributed by atoms with Crippen LogP contribution in [0.5, 0.6) is 0 Å². The van der Waals surface area contributed by atoms with Crippen LogP contribution < -0.4 is 5.32 Å². The quantitative estimate of drug-likeness (QED) is 0.147. The van der Waals surface area contributed by atoms with E-state index in [0.29, 0.717) is 11.1 Å². The van der Waals surface area contributed by atoms with E-state index in [9.17, 15) is 47.0 Å². The van der Waals surface area contributed by atoms with Crippen LogP contribution in [-0.4, -0.2) is 79.6 Å². The number of aliphatic carboxylic acids is 1. The number of esters is 3. The van der Waals surface area contributed by atoms with E-state index in [2.05, 4.69) is 5.32 Å². The lowest BCUT2D eigenvalue weighted by atomic mass is 9.89. The number of nitrogens with one attached hydrogen (secondary N) is 1. The highest BCUT2D eigenvalue weighted by atomic mass is 19.4. The lowest BCUT2D eigenvalue weighted by molar-refractivity contribution is -0.186. The molecule has 0 spiro atoms. The van der Waals surface area contributed by atoms with Crippen molar-refractivity contribution in [1.82, 2.24) is 4.90 Å². The van der Waals surface area contributed by atoms with Gasteiger partial charge in [-0.15, -0.1) is 0 Å². The molecular formula is C34H33F3N2O10. The molecule has 2 amide bonds. The molecule has 0 fully saturated rings. The molecule has 0 aliphatic heterocycles. The smallest absolute Gasteiger partial charge is 0.416 e. The first kappa shape index (κ1) is 37.7. The summed E-state index contributed by atoms with van der Waals surface area (Å²) < 4.78 is 53.8. The molecular weight excluding hydrogens is 653 g/mol. The molecule has 3 aromatic rings. The fourth-order valence-corrected chi connectivity index (χ4v) is 4.54. The molecule has 0 saturated heterocycles.